The second kappa shape index (κ2) is 26.4. The van der Waals surface area contributed by atoms with Gasteiger partial charge in [0.05, 0.1) is 32.4 Å². The normalized spacial score (nSPS) is 9.59. The molecule has 0 unspecified atom stereocenters. The Bertz CT molecular complexity index is 962. The number of ether oxygens (including phenoxy) is 2. The lowest BCUT2D eigenvalue weighted by atomic mass is 10.2. The van der Waals surface area contributed by atoms with Crippen molar-refractivity contribution in [2.75, 3.05) is 44.7 Å². The SMILES string of the molecule is CCOC(=O)CNCc1ccccc1.N#CCCCBr.[C-]#[N+]CCCN(CC(=O)OCC)Cc1ccccc1. The summed E-state index contributed by atoms with van der Waals surface area (Å²) < 4.78 is 9.75. The molecule has 1 N–H and O–H groups in total. The number of hydrogen-bond acceptors (Lipinski definition) is 7. The van der Waals surface area contributed by atoms with Gasteiger partial charge in [0.1, 0.15) is 0 Å². The van der Waals surface area contributed by atoms with Crippen molar-refractivity contribution in [3.05, 3.63) is 83.2 Å². The number of nitriles is 1. The molecule has 0 amide bonds. The maximum absolute atomic E-state index is 11.6. The lowest BCUT2D eigenvalue weighted by molar-refractivity contribution is -0.144. The average molecular weight is 602 g/mol. The van der Waals surface area contributed by atoms with Gasteiger partial charge in [-0.3, -0.25) is 14.5 Å². The highest BCUT2D eigenvalue weighted by Crippen LogP contribution is 2.05. The van der Waals surface area contributed by atoms with Gasteiger partial charge in [0.15, 0.2) is 0 Å². The maximum atomic E-state index is 11.6. The number of rotatable bonds is 15. The number of esters is 2. The first-order valence-electron chi connectivity index (χ1n) is 13.1. The molecular weight excluding hydrogens is 560 g/mol. The van der Waals surface area contributed by atoms with Crippen LogP contribution in [0, 0.1) is 17.9 Å². The van der Waals surface area contributed by atoms with Gasteiger partial charge in [0.2, 0.25) is 6.54 Å². The van der Waals surface area contributed by atoms with E-state index in [1.807, 2.05) is 71.6 Å². The van der Waals surface area contributed by atoms with Crippen molar-refractivity contribution in [3.8, 4) is 6.07 Å². The Balaban J connectivity index is 0.000000631. The Morgan fingerprint density at radius 2 is 1.56 bits per heavy atom. The van der Waals surface area contributed by atoms with Gasteiger partial charge in [-0.25, -0.2) is 6.57 Å². The first kappa shape index (κ1) is 35.8. The summed E-state index contributed by atoms with van der Waals surface area (Å²) in [7, 11) is 0. The molecule has 0 saturated carbocycles. The Morgan fingerprint density at radius 3 is 2.08 bits per heavy atom. The number of unbranched alkanes of at least 4 members (excludes halogenated alkanes) is 1. The molecule has 0 aliphatic heterocycles. The highest BCUT2D eigenvalue weighted by molar-refractivity contribution is 9.09. The third-order valence-corrected chi connectivity index (χ3v) is 5.38. The molecule has 0 fully saturated rings. The van der Waals surface area contributed by atoms with E-state index in [9.17, 15) is 9.59 Å². The van der Waals surface area contributed by atoms with E-state index in [0.717, 1.165) is 35.8 Å². The van der Waals surface area contributed by atoms with E-state index in [1.54, 1.807) is 13.8 Å². The fourth-order valence-corrected chi connectivity index (χ4v) is 3.36. The zero-order chi connectivity index (χ0) is 29.0. The molecule has 9 heteroatoms. The zero-order valence-electron chi connectivity index (χ0n) is 23.1. The fourth-order valence-electron chi connectivity index (χ4n) is 3.08. The van der Waals surface area contributed by atoms with Crippen LogP contribution in [-0.2, 0) is 32.2 Å². The van der Waals surface area contributed by atoms with E-state index in [2.05, 4.69) is 26.1 Å². The minimum Gasteiger partial charge on any atom is -0.465 e. The van der Waals surface area contributed by atoms with Crippen LogP contribution in [0.15, 0.2) is 60.7 Å². The topological polar surface area (TPSA) is 96.0 Å². The standard InChI is InChI=1S/C15H20N2O2.C11H15NO2.C4H6BrN/c1-3-19-15(18)13-17(11-7-10-16-2)12-14-8-5-4-6-9-14;1-2-14-11(13)9-12-8-10-6-4-3-5-7-10;5-3-1-2-4-6/h4-6,8-9H,3,7,10-13H2,1H3;3-7,12H,2,8-9H2,1H3;1-3H2. The first-order chi connectivity index (χ1) is 19.0. The fraction of sp³-hybridized carbons (Fsp3) is 0.467. The van der Waals surface area contributed by atoms with Crippen molar-refractivity contribution in [3.63, 3.8) is 0 Å². The van der Waals surface area contributed by atoms with Gasteiger partial charge < -0.3 is 19.6 Å². The van der Waals surface area contributed by atoms with Crippen LogP contribution in [0.2, 0.25) is 0 Å². The predicted octanol–water partition coefficient (Wildman–Crippen LogP) is 5.39. The summed E-state index contributed by atoms with van der Waals surface area (Å²) in [6.07, 6.45) is 2.41. The molecule has 0 radical (unpaired) electrons. The van der Waals surface area contributed by atoms with Crippen molar-refractivity contribution >= 4 is 27.9 Å². The largest absolute Gasteiger partial charge is 0.465 e. The zero-order valence-corrected chi connectivity index (χ0v) is 24.7. The Hall–Kier alpha value is -3.24. The number of nitrogens with zero attached hydrogens (tertiary/aromatic N) is 3. The van der Waals surface area contributed by atoms with Crippen LogP contribution < -0.4 is 5.32 Å². The third-order valence-electron chi connectivity index (χ3n) is 4.82. The Kier molecular flexibility index (Phi) is 24.2. The summed E-state index contributed by atoms with van der Waals surface area (Å²) in [6.45, 7) is 14.4. The molecule has 2 aromatic rings. The van der Waals surface area contributed by atoms with Crippen LogP contribution in [0.4, 0.5) is 0 Å². The van der Waals surface area contributed by atoms with Crippen molar-refractivity contribution in [2.45, 2.75) is 46.2 Å². The molecular formula is C30H41BrN4O4. The molecule has 0 aromatic heterocycles. The van der Waals surface area contributed by atoms with Gasteiger partial charge in [-0.15, -0.1) is 0 Å². The second-order valence-corrected chi connectivity index (χ2v) is 8.87. The van der Waals surface area contributed by atoms with Gasteiger partial charge in [-0.2, -0.15) is 5.26 Å². The summed E-state index contributed by atoms with van der Waals surface area (Å²) in [5.41, 5.74) is 2.33. The molecule has 0 bridgehead atoms. The van der Waals surface area contributed by atoms with Crippen LogP contribution in [0.1, 0.15) is 44.2 Å². The highest BCUT2D eigenvalue weighted by atomic mass is 79.9. The van der Waals surface area contributed by atoms with E-state index >= 15 is 0 Å². The van der Waals surface area contributed by atoms with Crippen LogP contribution in [0.25, 0.3) is 4.85 Å². The number of nitrogens with one attached hydrogen (secondary N) is 1. The van der Waals surface area contributed by atoms with E-state index in [-0.39, 0.29) is 25.0 Å². The van der Waals surface area contributed by atoms with Crippen molar-refractivity contribution in [2.24, 2.45) is 0 Å². The van der Waals surface area contributed by atoms with E-state index in [4.69, 9.17) is 21.3 Å². The van der Waals surface area contributed by atoms with Gasteiger partial charge >= 0.3 is 11.9 Å². The summed E-state index contributed by atoms with van der Waals surface area (Å²) >= 11 is 3.20. The molecule has 0 heterocycles. The number of carbonyl (C=O) groups is 2. The number of benzene rings is 2. The quantitative estimate of drug-likeness (QED) is 0.127. The summed E-state index contributed by atoms with van der Waals surface area (Å²) in [4.78, 5) is 27.9. The van der Waals surface area contributed by atoms with Gasteiger partial charge in [0, 0.05) is 37.8 Å². The molecule has 0 atom stereocenters. The molecule has 0 aliphatic rings. The number of alkyl halides is 1. The molecule has 2 rings (SSSR count). The number of hydrogen-bond donors (Lipinski definition) is 1. The summed E-state index contributed by atoms with van der Waals surface area (Å²) in [6, 6.07) is 22.0. The number of halogens is 1. The molecule has 0 saturated heterocycles. The molecule has 2 aromatic carbocycles. The molecule has 39 heavy (non-hydrogen) atoms. The first-order valence-corrected chi connectivity index (χ1v) is 14.2. The minimum absolute atomic E-state index is 0.205. The Morgan fingerprint density at radius 1 is 0.974 bits per heavy atom. The van der Waals surface area contributed by atoms with Crippen LogP contribution >= 0.6 is 15.9 Å². The van der Waals surface area contributed by atoms with Gasteiger partial charge in [-0.05, 0) is 31.4 Å². The van der Waals surface area contributed by atoms with Gasteiger partial charge in [0.25, 0.3) is 0 Å². The second-order valence-electron chi connectivity index (χ2n) is 8.08. The molecule has 0 spiro atoms. The minimum atomic E-state index is -0.207. The lowest BCUT2D eigenvalue weighted by Crippen LogP contribution is -2.31. The summed E-state index contributed by atoms with van der Waals surface area (Å²) in [5.74, 6) is -0.412. The molecule has 212 valence electrons. The third kappa shape index (κ3) is 22.5. The smallest absolute Gasteiger partial charge is 0.320 e. The summed E-state index contributed by atoms with van der Waals surface area (Å²) in [5, 5.41) is 11.9. The monoisotopic (exact) mass is 600 g/mol. The molecule has 0 aliphatic carbocycles. The van der Waals surface area contributed by atoms with Crippen LogP contribution in [0.5, 0.6) is 0 Å². The van der Waals surface area contributed by atoms with E-state index < -0.39 is 0 Å². The average Bonchev–Trinajstić information content (AvgIpc) is 2.94. The van der Waals surface area contributed by atoms with Crippen LogP contribution in [-0.4, -0.2) is 61.6 Å². The van der Waals surface area contributed by atoms with Crippen molar-refractivity contribution in [1.82, 2.24) is 10.2 Å². The van der Waals surface area contributed by atoms with Crippen molar-refractivity contribution < 1.29 is 19.1 Å². The van der Waals surface area contributed by atoms with E-state index in [0.29, 0.717) is 39.3 Å². The molecule has 8 nitrogen and oxygen atoms in total. The van der Waals surface area contributed by atoms with Crippen LogP contribution in [0.3, 0.4) is 0 Å². The van der Waals surface area contributed by atoms with Crippen molar-refractivity contribution in [1.29, 1.82) is 5.26 Å². The Labute approximate surface area is 242 Å². The predicted molar refractivity (Wildman–Crippen MR) is 158 cm³/mol. The number of carbonyl (C=O) groups excluding carboxylic acids is 2. The highest BCUT2D eigenvalue weighted by Gasteiger charge is 2.12. The van der Waals surface area contributed by atoms with Gasteiger partial charge in [-0.1, -0.05) is 76.6 Å². The van der Waals surface area contributed by atoms with E-state index in [1.165, 1.54) is 0 Å². The lowest BCUT2D eigenvalue weighted by Gasteiger charge is -2.20. The maximum Gasteiger partial charge on any atom is 0.320 e.